The van der Waals surface area contributed by atoms with Crippen molar-refractivity contribution in [1.82, 2.24) is 10.3 Å². The number of hydrogen-bond acceptors (Lipinski definition) is 6. The SMILES string of the molecule is C=CC(C)(C(Oc1ccccc1)N(N=C)C1CCCC(NC(=O)OC(C)(C)C)C1)[C@@H](C)OC. The number of ether oxygens (including phenoxy) is 3. The Bertz CT molecular complexity index is 779. The lowest BCUT2D eigenvalue weighted by molar-refractivity contribution is -0.120. The zero-order valence-electron chi connectivity index (χ0n) is 21.0. The minimum atomic E-state index is -0.586. The Morgan fingerprint density at radius 1 is 1.24 bits per heavy atom. The van der Waals surface area contributed by atoms with Crippen molar-refractivity contribution in [3.05, 3.63) is 43.0 Å². The van der Waals surface area contributed by atoms with Gasteiger partial charge in [0.05, 0.1) is 17.6 Å². The van der Waals surface area contributed by atoms with E-state index in [2.05, 4.69) is 30.6 Å². The van der Waals surface area contributed by atoms with Crippen LogP contribution in [0.3, 0.4) is 0 Å². The lowest BCUT2D eigenvalue weighted by Crippen LogP contribution is -2.57. The standard InChI is InChI=1S/C26H41N3O4/c1-9-26(6,19(2)31-8)23(32-22-16-11-10-12-17-22)29(27-7)21-15-13-14-20(18-21)28-24(30)33-25(3,4)5/h9-12,16-17,19-21,23H,1,7,13-15,18H2,2-6,8H3,(H,28,30)/t19-,20?,21?,23?,26?/m1/s1. The Morgan fingerprint density at radius 2 is 1.91 bits per heavy atom. The predicted octanol–water partition coefficient (Wildman–Crippen LogP) is 5.37. The van der Waals surface area contributed by atoms with E-state index in [1.165, 1.54) is 0 Å². The maximum Gasteiger partial charge on any atom is 0.407 e. The van der Waals surface area contributed by atoms with Gasteiger partial charge >= 0.3 is 6.09 Å². The van der Waals surface area contributed by atoms with Crippen LogP contribution in [0.15, 0.2) is 48.1 Å². The van der Waals surface area contributed by atoms with Crippen molar-refractivity contribution in [3.63, 3.8) is 0 Å². The first kappa shape index (κ1) is 26.7. The van der Waals surface area contributed by atoms with Crippen LogP contribution >= 0.6 is 0 Å². The molecule has 33 heavy (non-hydrogen) atoms. The predicted molar refractivity (Wildman–Crippen MR) is 132 cm³/mol. The van der Waals surface area contributed by atoms with E-state index in [4.69, 9.17) is 14.2 Å². The fraction of sp³-hybridized carbons (Fsp3) is 0.615. The van der Waals surface area contributed by atoms with E-state index in [0.717, 1.165) is 25.0 Å². The third-order valence-electron chi connectivity index (χ3n) is 6.34. The maximum atomic E-state index is 12.3. The lowest BCUT2D eigenvalue weighted by atomic mass is 9.81. The summed E-state index contributed by atoms with van der Waals surface area (Å²) in [4.78, 5) is 12.3. The highest BCUT2D eigenvalue weighted by Crippen LogP contribution is 2.38. The number of benzene rings is 1. The van der Waals surface area contributed by atoms with Crippen LogP contribution in [0, 0.1) is 5.41 Å². The van der Waals surface area contributed by atoms with Crippen LogP contribution in [0.25, 0.3) is 0 Å². The maximum absolute atomic E-state index is 12.3. The van der Waals surface area contributed by atoms with Gasteiger partial charge in [0.15, 0.2) is 6.23 Å². The molecule has 7 nitrogen and oxygen atoms in total. The number of rotatable bonds is 10. The number of methoxy groups -OCH3 is 1. The van der Waals surface area contributed by atoms with Crippen molar-refractivity contribution in [2.75, 3.05) is 7.11 Å². The molecule has 1 amide bonds. The Balaban J connectivity index is 2.29. The number of carbonyl (C=O) groups excluding carboxylic acids is 1. The van der Waals surface area contributed by atoms with Crippen LogP contribution in [-0.4, -0.2) is 54.9 Å². The summed E-state index contributed by atoms with van der Waals surface area (Å²) in [5.74, 6) is 0.728. The van der Waals surface area contributed by atoms with Crippen LogP contribution < -0.4 is 10.1 Å². The van der Waals surface area contributed by atoms with Crippen molar-refractivity contribution in [1.29, 1.82) is 0 Å². The minimum Gasteiger partial charge on any atom is -0.468 e. The highest BCUT2D eigenvalue weighted by atomic mass is 16.6. The van der Waals surface area contributed by atoms with Gasteiger partial charge < -0.3 is 19.5 Å². The summed E-state index contributed by atoms with van der Waals surface area (Å²) in [5.41, 5.74) is -1.12. The topological polar surface area (TPSA) is 72.4 Å². The van der Waals surface area contributed by atoms with Crippen molar-refractivity contribution >= 4 is 12.8 Å². The number of nitrogens with zero attached hydrogens (tertiary/aromatic N) is 2. The number of carbonyl (C=O) groups is 1. The van der Waals surface area contributed by atoms with Gasteiger partial charge in [-0.2, -0.15) is 5.10 Å². The summed E-state index contributed by atoms with van der Waals surface area (Å²) in [5, 5.41) is 9.37. The summed E-state index contributed by atoms with van der Waals surface area (Å²) >= 11 is 0. The molecule has 0 heterocycles. The second-order valence-electron chi connectivity index (χ2n) is 9.92. The van der Waals surface area contributed by atoms with Crippen LogP contribution in [0.1, 0.15) is 60.3 Å². The summed E-state index contributed by atoms with van der Waals surface area (Å²) in [6, 6.07) is 9.66. The normalized spacial score (nSPS) is 22.2. The molecule has 0 spiro atoms. The molecule has 0 bridgehead atoms. The molecule has 2 rings (SSSR count). The summed E-state index contributed by atoms with van der Waals surface area (Å²) < 4.78 is 17.7. The van der Waals surface area contributed by atoms with Gasteiger partial charge in [0, 0.05) is 19.9 Å². The lowest BCUT2D eigenvalue weighted by Gasteiger charge is -2.47. The van der Waals surface area contributed by atoms with Gasteiger partial charge in [0.25, 0.3) is 0 Å². The smallest absolute Gasteiger partial charge is 0.407 e. The first-order valence-electron chi connectivity index (χ1n) is 11.7. The molecular formula is C26H41N3O4. The third kappa shape index (κ3) is 7.22. The zero-order chi connectivity index (χ0) is 24.6. The molecule has 1 N–H and O–H groups in total. The second-order valence-corrected chi connectivity index (χ2v) is 9.92. The molecule has 0 saturated heterocycles. The van der Waals surface area contributed by atoms with E-state index in [1.54, 1.807) is 7.11 Å². The molecule has 5 atom stereocenters. The molecule has 4 unspecified atom stereocenters. The van der Waals surface area contributed by atoms with Crippen LogP contribution in [0.4, 0.5) is 4.79 Å². The molecule has 0 radical (unpaired) electrons. The second kappa shape index (κ2) is 11.5. The largest absolute Gasteiger partial charge is 0.468 e. The molecule has 1 aliphatic rings. The van der Waals surface area contributed by atoms with Crippen LogP contribution in [0.5, 0.6) is 5.75 Å². The molecule has 1 aromatic rings. The molecule has 184 valence electrons. The van der Waals surface area contributed by atoms with Crippen LogP contribution in [-0.2, 0) is 9.47 Å². The van der Waals surface area contributed by atoms with Gasteiger partial charge in [0.2, 0.25) is 0 Å². The number of hydrogen-bond donors (Lipinski definition) is 1. The molecule has 7 heteroatoms. The number of hydrazone groups is 1. The molecule has 0 aromatic heterocycles. The van der Waals surface area contributed by atoms with E-state index in [9.17, 15) is 4.79 Å². The van der Waals surface area contributed by atoms with Crippen molar-refractivity contribution in [2.45, 2.75) is 90.3 Å². The van der Waals surface area contributed by atoms with E-state index in [-0.39, 0.29) is 18.2 Å². The van der Waals surface area contributed by atoms with Crippen molar-refractivity contribution in [3.8, 4) is 5.75 Å². The Hall–Kier alpha value is -2.54. The summed E-state index contributed by atoms with van der Waals surface area (Å²) in [6.07, 6.45) is 4.23. The highest BCUT2D eigenvalue weighted by Gasteiger charge is 2.45. The summed E-state index contributed by atoms with van der Waals surface area (Å²) in [6.45, 7) is 17.6. The average molecular weight is 460 g/mol. The number of amides is 1. The van der Waals surface area contributed by atoms with Crippen LogP contribution in [0.2, 0.25) is 0 Å². The minimum absolute atomic E-state index is 0.0185. The fourth-order valence-electron chi connectivity index (χ4n) is 4.21. The first-order valence-corrected chi connectivity index (χ1v) is 11.7. The fourth-order valence-corrected chi connectivity index (χ4v) is 4.21. The van der Waals surface area contributed by atoms with Gasteiger partial charge in [-0.25, -0.2) is 4.79 Å². The Labute approximate surface area is 199 Å². The van der Waals surface area contributed by atoms with Gasteiger partial charge in [-0.05, 0) is 72.4 Å². The van der Waals surface area contributed by atoms with Gasteiger partial charge in [-0.3, -0.25) is 5.01 Å². The van der Waals surface area contributed by atoms with Gasteiger partial charge in [0.1, 0.15) is 11.4 Å². The number of para-hydroxylation sites is 1. The number of nitrogens with one attached hydrogen (secondary N) is 1. The van der Waals surface area contributed by atoms with E-state index in [1.807, 2.05) is 69.1 Å². The average Bonchev–Trinajstić information content (AvgIpc) is 2.77. The Kier molecular flexibility index (Phi) is 9.35. The zero-order valence-corrected chi connectivity index (χ0v) is 21.0. The first-order chi connectivity index (χ1) is 15.5. The number of alkyl carbamates (subject to hydrolysis) is 1. The van der Waals surface area contributed by atoms with E-state index >= 15 is 0 Å². The molecule has 1 saturated carbocycles. The quantitative estimate of drug-likeness (QED) is 0.220. The molecule has 1 fully saturated rings. The Morgan fingerprint density at radius 3 is 2.45 bits per heavy atom. The summed E-state index contributed by atoms with van der Waals surface area (Å²) in [7, 11) is 1.68. The monoisotopic (exact) mass is 459 g/mol. The molecule has 1 aromatic carbocycles. The third-order valence-corrected chi connectivity index (χ3v) is 6.34. The van der Waals surface area contributed by atoms with E-state index < -0.39 is 23.3 Å². The molecular weight excluding hydrogens is 418 g/mol. The van der Waals surface area contributed by atoms with Gasteiger partial charge in [-0.15, -0.1) is 6.58 Å². The van der Waals surface area contributed by atoms with E-state index in [0.29, 0.717) is 6.42 Å². The van der Waals surface area contributed by atoms with Crippen molar-refractivity contribution < 1.29 is 19.0 Å². The molecule has 1 aliphatic carbocycles. The van der Waals surface area contributed by atoms with Gasteiger partial charge in [-0.1, -0.05) is 24.3 Å². The highest BCUT2D eigenvalue weighted by molar-refractivity contribution is 5.68. The van der Waals surface area contributed by atoms with Crippen molar-refractivity contribution in [2.24, 2.45) is 10.5 Å². The molecule has 0 aliphatic heterocycles.